The lowest BCUT2D eigenvalue weighted by atomic mass is 10.0. The van der Waals surface area contributed by atoms with E-state index in [1.807, 2.05) is 57.3 Å². The first-order valence-corrected chi connectivity index (χ1v) is 14.8. The summed E-state index contributed by atoms with van der Waals surface area (Å²) in [5.41, 5.74) is 1.88. The molecule has 43 heavy (non-hydrogen) atoms. The fourth-order valence-electron chi connectivity index (χ4n) is 4.43. The summed E-state index contributed by atoms with van der Waals surface area (Å²) < 4.78 is 13.6. The fourth-order valence-corrected chi connectivity index (χ4v) is 4.94. The van der Waals surface area contributed by atoms with E-state index < -0.39 is 23.7 Å². The van der Waals surface area contributed by atoms with Gasteiger partial charge in [0.2, 0.25) is 0 Å². The van der Waals surface area contributed by atoms with Crippen LogP contribution in [0.1, 0.15) is 68.3 Å². The zero-order chi connectivity index (χ0) is 31.1. The maximum Gasteiger partial charge on any atom is 0.408 e. The largest absolute Gasteiger partial charge is 0.478 e. The summed E-state index contributed by atoms with van der Waals surface area (Å²) in [6.45, 7) is 8.28. The molecule has 8 nitrogen and oxygen atoms in total. The molecule has 0 aliphatic carbocycles. The van der Waals surface area contributed by atoms with Crippen LogP contribution in [0.3, 0.4) is 0 Å². The number of unbranched alkanes of at least 4 members (excludes halogenated alkanes) is 1. The standard InChI is InChI=1S/C33H35Cl2N3O5/c1-5-6-17-38-20-29(26-16-11-23(34)19-27(26)35)36-30(38)28(37-32(41)43-33(2,3)4)18-21-7-12-24(13-8-21)42-25-14-9-22(10-15-25)31(39)40/h7-16,19-20,28H,5-6,17-18H2,1-4H3,(H,37,41)(H,39,40)/t28-/m0/s1. The number of benzene rings is 3. The average molecular weight is 625 g/mol. The van der Waals surface area contributed by atoms with Crippen molar-refractivity contribution < 1.29 is 24.2 Å². The number of imidazole rings is 1. The molecule has 226 valence electrons. The first-order chi connectivity index (χ1) is 20.4. The molecule has 3 aromatic carbocycles. The van der Waals surface area contributed by atoms with E-state index in [-0.39, 0.29) is 5.56 Å². The number of aromatic nitrogens is 2. The van der Waals surface area contributed by atoms with Crippen LogP contribution >= 0.6 is 23.2 Å². The first kappa shape index (κ1) is 31.9. The molecular weight excluding hydrogens is 589 g/mol. The molecule has 0 unspecified atom stereocenters. The van der Waals surface area contributed by atoms with Crippen molar-refractivity contribution in [1.82, 2.24) is 14.9 Å². The van der Waals surface area contributed by atoms with Gasteiger partial charge in [0.25, 0.3) is 0 Å². The van der Waals surface area contributed by atoms with Gasteiger partial charge in [0.1, 0.15) is 22.9 Å². The van der Waals surface area contributed by atoms with E-state index in [1.165, 1.54) is 12.1 Å². The maximum atomic E-state index is 13.0. The van der Waals surface area contributed by atoms with Gasteiger partial charge in [-0.25, -0.2) is 14.6 Å². The third kappa shape index (κ3) is 8.99. The van der Waals surface area contributed by atoms with Crippen molar-refractivity contribution in [1.29, 1.82) is 0 Å². The predicted molar refractivity (Wildman–Crippen MR) is 168 cm³/mol. The molecular formula is C33H35Cl2N3O5. The highest BCUT2D eigenvalue weighted by molar-refractivity contribution is 6.36. The smallest absolute Gasteiger partial charge is 0.408 e. The number of carboxylic acids is 1. The number of aryl methyl sites for hydroxylation is 1. The Labute approximate surface area is 261 Å². The predicted octanol–water partition coefficient (Wildman–Crippen LogP) is 8.96. The summed E-state index contributed by atoms with van der Waals surface area (Å²) in [6, 6.07) is 18.5. The number of nitrogens with one attached hydrogen (secondary N) is 1. The lowest BCUT2D eigenvalue weighted by Crippen LogP contribution is -2.36. The minimum Gasteiger partial charge on any atom is -0.478 e. The molecule has 0 saturated carbocycles. The number of ether oxygens (including phenoxy) is 2. The second kappa shape index (κ2) is 14.0. The molecule has 1 heterocycles. The van der Waals surface area contributed by atoms with Gasteiger partial charge in [-0.3, -0.25) is 0 Å². The van der Waals surface area contributed by atoms with Crippen molar-refractivity contribution in [2.45, 2.75) is 65.1 Å². The molecule has 4 aromatic rings. The van der Waals surface area contributed by atoms with Gasteiger partial charge in [0.15, 0.2) is 0 Å². The fraction of sp³-hybridized carbons (Fsp3) is 0.303. The molecule has 0 radical (unpaired) electrons. The molecule has 0 aliphatic heterocycles. The number of aromatic carboxylic acids is 1. The monoisotopic (exact) mass is 623 g/mol. The molecule has 0 fully saturated rings. The van der Waals surface area contributed by atoms with Crippen LogP contribution in [0, 0.1) is 0 Å². The number of hydrogen-bond acceptors (Lipinski definition) is 5. The van der Waals surface area contributed by atoms with E-state index >= 15 is 0 Å². The zero-order valence-corrected chi connectivity index (χ0v) is 26.1. The number of carbonyl (C=O) groups excluding carboxylic acids is 1. The summed E-state index contributed by atoms with van der Waals surface area (Å²) in [4.78, 5) is 29.1. The lowest BCUT2D eigenvalue weighted by molar-refractivity contribution is 0.0499. The number of amides is 1. The average Bonchev–Trinajstić information content (AvgIpc) is 3.35. The van der Waals surface area contributed by atoms with Crippen LogP contribution in [-0.4, -0.2) is 32.3 Å². The highest BCUT2D eigenvalue weighted by atomic mass is 35.5. The Balaban J connectivity index is 1.63. The number of alkyl carbamates (subject to hydrolysis) is 1. The van der Waals surface area contributed by atoms with E-state index in [2.05, 4.69) is 16.8 Å². The van der Waals surface area contributed by atoms with Gasteiger partial charge in [0, 0.05) is 29.7 Å². The van der Waals surface area contributed by atoms with Crippen molar-refractivity contribution in [3.63, 3.8) is 0 Å². The van der Waals surface area contributed by atoms with E-state index in [1.54, 1.807) is 24.3 Å². The summed E-state index contributed by atoms with van der Waals surface area (Å²) in [5, 5.41) is 13.2. The van der Waals surface area contributed by atoms with Gasteiger partial charge < -0.3 is 24.5 Å². The molecule has 1 atom stereocenters. The van der Waals surface area contributed by atoms with Crippen LogP contribution in [0.4, 0.5) is 4.79 Å². The molecule has 2 N–H and O–H groups in total. The zero-order valence-electron chi connectivity index (χ0n) is 24.6. The Bertz CT molecular complexity index is 1560. The van der Waals surface area contributed by atoms with E-state index in [9.17, 15) is 9.59 Å². The van der Waals surface area contributed by atoms with E-state index in [0.29, 0.717) is 46.0 Å². The summed E-state index contributed by atoms with van der Waals surface area (Å²) >= 11 is 12.7. The van der Waals surface area contributed by atoms with Crippen LogP contribution in [-0.2, 0) is 17.7 Å². The summed E-state index contributed by atoms with van der Waals surface area (Å²) in [6.07, 6.45) is 3.76. The van der Waals surface area contributed by atoms with E-state index in [0.717, 1.165) is 24.0 Å². The molecule has 1 amide bonds. The third-order valence-electron chi connectivity index (χ3n) is 6.47. The van der Waals surface area contributed by atoms with Crippen LogP contribution in [0.25, 0.3) is 11.3 Å². The van der Waals surface area contributed by atoms with Crippen LogP contribution in [0.15, 0.2) is 72.9 Å². The Morgan fingerprint density at radius 1 is 1.00 bits per heavy atom. The normalized spacial score (nSPS) is 12.0. The Kier molecular flexibility index (Phi) is 10.4. The lowest BCUT2D eigenvalue weighted by Gasteiger charge is -2.24. The molecule has 1 aromatic heterocycles. The molecule has 10 heteroatoms. The van der Waals surface area contributed by atoms with Gasteiger partial charge in [-0.2, -0.15) is 0 Å². The van der Waals surface area contributed by atoms with Gasteiger partial charge in [-0.05, 0) is 87.4 Å². The molecule has 0 spiro atoms. The van der Waals surface area contributed by atoms with Gasteiger partial charge >= 0.3 is 12.1 Å². The molecule has 0 aliphatic rings. The third-order valence-corrected chi connectivity index (χ3v) is 7.02. The van der Waals surface area contributed by atoms with Gasteiger partial charge in [0.05, 0.1) is 22.3 Å². The number of nitrogens with zero attached hydrogens (tertiary/aromatic N) is 2. The molecule has 4 rings (SSSR count). The van der Waals surface area contributed by atoms with Gasteiger partial charge in [-0.1, -0.05) is 48.7 Å². The first-order valence-electron chi connectivity index (χ1n) is 14.0. The quantitative estimate of drug-likeness (QED) is 0.173. The minimum absolute atomic E-state index is 0.185. The van der Waals surface area contributed by atoms with Gasteiger partial charge in [-0.15, -0.1) is 0 Å². The van der Waals surface area contributed by atoms with Crippen LogP contribution in [0.2, 0.25) is 10.0 Å². The second-order valence-electron chi connectivity index (χ2n) is 11.1. The Morgan fingerprint density at radius 2 is 1.65 bits per heavy atom. The second-order valence-corrected chi connectivity index (χ2v) is 12.0. The SMILES string of the molecule is CCCCn1cc(-c2ccc(Cl)cc2Cl)nc1[C@H](Cc1ccc(Oc2ccc(C(=O)O)cc2)cc1)NC(=O)OC(C)(C)C. The topological polar surface area (TPSA) is 103 Å². The van der Waals surface area contributed by atoms with E-state index in [4.69, 9.17) is 42.8 Å². The number of carboxylic acid groups (broad SMARTS) is 1. The molecule has 0 bridgehead atoms. The van der Waals surface area contributed by atoms with Crippen molar-refractivity contribution in [2.75, 3.05) is 0 Å². The number of hydrogen-bond donors (Lipinski definition) is 2. The van der Waals surface area contributed by atoms with Crippen molar-refractivity contribution in [3.05, 3.63) is 99.9 Å². The van der Waals surface area contributed by atoms with Crippen molar-refractivity contribution in [2.24, 2.45) is 0 Å². The van der Waals surface area contributed by atoms with Crippen LogP contribution < -0.4 is 10.1 Å². The number of rotatable bonds is 11. The maximum absolute atomic E-state index is 13.0. The minimum atomic E-state index is -0.996. The Hall–Kier alpha value is -4.01. The summed E-state index contributed by atoms with van der Waals surface area (Å²) in [5.74, 6) is 0.796. The number of carbonyl (C=O) groups is 2. The summed E-state index contributed by atoms with van der Waals surface area (Å²) in [7, 11) is 0. The highest BCUT2D eigenvalue weighted by Crippen LogP contribution is 2.32. The van der Waals surface area contributed by atoms with Crippen molar-refractivity contribution in [3.8, 4) is 22.8 Å². The Morgan fingerprint density at radius 3 is 2.23 bits per heavy atom. The van der Waals surface area contributed by atoms with Crippen LogP contribution in [0.5, 0.6) is 11.5 Å². The van der Waals surface area contributed by atoms with Crippen molar-refractivity contribution >= 4 is 35.3 Å². The highest BCUT2D eigenvalue weighted by Gasteiger charge is 2.26. The molecule has 0 saturated heterocycles. The number of halogens is 2.